The summed E-state index contributed by atoms with van der Waals surface area (Å²) in [4.78, 5) is 28.7. The molecule has 4 rings (SSSR count). The molecule has 1 saturated carbocycles. The molecule has 10 heteroatoms. The quantitative estimate of drug-likeness (QED) is 0.310. The zero-order valence-corrected chi connectivity index (χ0v) is 24.8. The Morgan fingerprint density at radius 3 is 2.25 bits per heavy atom. The Labute approximate surface area is 246 Å². The van der Waals surface area contributed by atoms with Gasteiger partial charge in [-0.2, -0.15) is 0 Å². The number of carbonyl (C=O) groups is 2. The summed E-state index contributed by atoms with van der Waals surface area (Å²) in [6, 6.07) is 19.0. The van der Waals surface area contributed by atoms with Crippen LogP contribution in [0.25, 0.3) is 0 Å². The fraction of sp³-hybridized carbons (Fsp3) is 0.333. The van der Waals surface area contributed by atoms with Crippen LogP contribution in [0.3, 0.4) is 0 Å². The molecule has 0 spiro atoms. The summed E-state index contributed by atoms with van der Waals surface area (Å²) < 4.78 is 28.7. The molecule has 40 heavy (non-hydrogen) atoms. The molecule has 0 bridgehead atoms. The maximum absolute atomic E-state index is 14.0. The van der Waals surface area contributed by atoms with Crippen LogP contribution in [0.4, 0.5) is 5.69 Å². The molecular formula is C30H33Cl2N3O4S. The van der Waals surface area contributed by atoms with Crippen LogP contribution in [0, 0.1) is 6.92 Å². The lowest BCUT2D eigenvalue weighted by molar-refractivity contribution is -0.139. The zero-order valence-electron chi connectivity index (χ0n) is 22.5. The number of benzene rings is 3. The Morgan fingerprint density at radius 1 is 0.950 bits per heavy atom. The molecule has 3 aromatic rings. The fourth-order valence-electron chi connectivity index (χ4n) is 4.77. The van der Waals surface area contributed by atoms with Gasteiger partial charge in [-0.25, -0.2) is 8.42 Å². The molecule has 1 aliphatic rings. The van der Waals surface area contributed by atoms with Gasteiger partial charge in [0.1, 0.15) is 12.6 Å². The van der Waals surface area contributed by atoms with Gasteiger partial charge < -0.3 is 10.2 Å². The minimum atomic E-state index is -4.16. The second kappa shape index (κ2) is 13.1. The van der Waals surface area contributed by atoms with Gasteiger partial charge in [-0.05, 0) is 68.1 Å². The van der Waals surface area contributed by atoms with Gasteiger partial charge in [0.15, 0.2) is 0 Å². The summed E-state index contributed by atoms with van der Waals surface area (Å²) in [6.45, 7) is 2.95. The van der Waals surface area contributed by atoms with E-state index in [0.29, 0.717) is 15.6 Å². The third-order valence-electron chi connectivity index (χ3n) is 7.22. The first kappa shape index (κ1) is 29.9. The molecule has 0 heterocycles. The van der Waals surface area contributed by atoms with Crippen LogP contribution in [-0.2, 0) is 26.2 Å². The number of nitrogens with one attached hydrogen (secondary N) is 1. The number of sulfonamides is 1. The van der Waals surface area contributed by atoms with Crippen LogP contribution in [0.1, 0.15) is 43.7 Å². The molecule has 1 atom stereocenters. The Kier molecular flexibility index (Phi) is 9.77. The summed E-state index contributed by atoms with van der Waals surface area (Å²) in [5, 5.41) is 3.87. The number of hydrogen-bond acceptors (Lipinski definition) is 4. The van der Waals surface area contributed by atoms with E-state index in [9.17, 15) is 18.0 Å². The first-order valence-corrected chi connectivity index (χ1v) is 15.4. The van der Waals surface area contributed by atoms with Crippen molar-refractivity contribution in [1.29, 1.82) is 0 Å². The Balaban J connectivity index is 1.70. The van der Waals surface area contributed by atoms with E-state index in [4.69, 9.17) is 23.2 Å². The van der Waals surface area contributed by atoms with Crippen LogP contribution in [0.15, 0.2) is 77.7 Å². The number of aryl methyl sites for hydroxylation is 1. The lowest BCUT2D eigenvalue weighted by Gasteiger charge is -2.32. The molecule has 0 unspecified atom stereocenters. The topological polar surface area (TPSA) is 86.8 Å². The maximum Gasteiger partial charge on any atom is 0.264 e. The van der Waals surface area contributed by atoms with Crippen molar-refractivity contribution in [1.82, 2.24) is 10.2 Å². The van der Waals surface area contributed by atoms with E-state index < -0.39 is 28.5 Å². The molecule has 1 aliphatic carbocycles. The monoisotopic (exact) mass is 601 g/mol. The fourth-order valence-corrected chi connectivity index (χ4v) is 6.57. The SMILES string of the molecule is Cc1ccc(N(CC(=O)N(Cc2ccccc2Cl)[C@H](C)C(=O)NC2CCCC2)S(=O)(=O)c2ccccc2)cc1Cl. The van der Waals surface area contributed by atoms with E-state index in [1.54, 1.807) is 61.5 Å². The van der Waals surface area contributed by atoms with Crippen molar-refractivity contribution in [3.8, 4) is 0 Å². The highest BCUT2D eigenvalue weighted by Crippen LogP contribution is 2.29. The molecule has 1 N–H and O–H groups in total. The van der Waals surface area contributed by atoms with Gasteiger partial charge in [0.25, 0.3) is 10.0 Å². The summed E-state index contributed by atoms with van der Waals surface area (Å²) in [6.07, 6.45) is 3.89. The summed E-state index contributed by atoms with van der Waals surface area (Å²) >= 11 is 12.8. The second-order valence-electron chi connectivity index (χ2n) is 10.0. The van der Waals surface area contributed by atoms with Crippen LogP contribution >= 0.6 is 23.2 Å². The van der Waals surface area contributed by atoms with Crippen LogP contribution in [0.5, 0.6) is 0 Å². The lowest BCUT2D eigenvalue weighted by Crippen LogP contribution is -2.52. The minimum absolute atomic E-state index is 0.0316. The molecule has 0 radical (unpaired) electrons. The average Bonchev–Trinajstić information content (AvgIpc) is 3.46. The van der Waals surface area contributed by atoms with Crippen molar-refractivity contribution >= 4 is 50.7 Å². The number of nitrogens with zero attached hydrogens (tertiary/aromatic N) is 2. The molecular weight excluding hydrogens is 569 g/mol. The lowest BCUT2D eigenvalue weighted by atomic mass is 10.1. The molecule has 1 fully saturated rings. The number of anilines is 1. The summed E-state index contributed by atoms with van der Waals surface area (Å²) in [5.74, 6) is -0.839. The predicted octanol–water partition coefficient (Wildman–Crippen LogP) is 5.97. The smallest absolute Gasteiger partial charge is 0.264 e. The standard InChI is InChI=1S/C30H33Cl2N3O4S/c1-21-16-17-25(18-28(21)32)35(40(38,39)26-13-4-3-5-14-26)20-29(36)34(19-23-10-6-9-15-27(23)31)22(2)30(37)33-24-11-7-8-12-24/h3-6,9-10,13-18,22,24H,7-8,11-12,19-20H2,1-2H3,(H,33,37)/t22-/m1/s1. The van der Waals surface area contributed by atoms with E-state index in [-0.39, 0.29) is 29.1 Å². The summed E-state index contributed by atoms with van der Waals surface area (Å²) in [7, 11) is -4.16. The van der Waals surface area contributed by atoms with Crippen LogP contribution in [-0.4, -0.2) is 43.8 Å². The van der Waals surface area contributed by atoms with E-state index in [1.807, 2.05) is 6.92 Å². The van der Waals surface area contributed by atoms with E-state index in [2.05, 4.69) is 5.32 Å². The van der Waals surface area contributed by atoms with Gasteiger partial charge in [0.2, 0.25) is 11.8 Å². The Morgan fingerprint density at radius 2 is 1.60 bits per heavy atom. The molecule has 2 amide bonds. The number of carbonyl (C=O) groups excluding carboxylic acids is 2. The maximum atomic E-state index is 14.0. The van der Waals surface area contributed by atoms with Crippen molar-refractivity contribution in [2.24, 2.45) is 0 Å². The van der Waals surface area contributed by atoms with Gasteiger partial charge in [0.05, 0.1) is 10.6 Å². The molecule has 0 aliphatic heterocycles. The van der Waals surface area contributed by atoms with Crippen molar-refractivity contribution in [3.05, 3.63) is 94.0 Å². The first-order valence-electron chi connectivity index (χ1n) is 13.2. The summed E-state index contributed by atoms with van der Waals surface area (Å²) in [5.41, 5.74) is 1.66. The highest BCUT2D eigenvalue weighted by molar-refractivity contribution is 7.92. The van der Waals surface area contributed by atoms with Gasteiger partial charge >= 0.3 is 0 Å². The molecule has 0 aromatic heterocycles. The second-order valence-corrected chi connectivity index (χ2v) is 12.7. The third-order valence-corrected chi connectivity index (χ3v) is 9.78. The van der Waals surface area contributed by atoms with E-state index in [1.165, 1.54) is 23.1 Å². The van der Waals surface area contributed by atoms with Crippen molar-refractivity contribution in [2.75, 3.05) is 10.8 Å². The van der Waals surface area contributed by atoms with Gasteiger partial charge in [0, 0.05) is 22.6 Å². The molecule has 0 saturated heterocycles. The number of amides is 2. The largest absolute Gasteiger partial charge is 0.352 e. The van der Waals surface area contributed by atoms with Gasteiger partial charge in [-0.15, -0.1) is 0 Å². The van der Waals surface area contributed by atoms with Crippen molar-refractivity contribution in [3.63, 3.8) is 0 Å². The van der Waals surface area contributed by atoms with Crippen molar-refractivity contribution < 1.29 is 18.0 Å². The van der Waals surface area contributed by atoms with E-state index in [0.717, 1.165) is 35.6 Å². The first-order chi connectivity index (χ1) is 19.1. The average molecular weight is 603 g/mol. The third kappa shape index (κ3) is 6.97. The van der Waals surface area contributed by atoms with Gasteiger partial charge in [-0.1, -0.05) is 78.5 Å². The van der Waals surface area contributed by atoms with Gasteiger partial charge in [-0.3, -0.25) is 13.9 Å². The zero-order chi connectivity index (χ0) is 28.9. The highest BCUT2D eigenvalue weighted by Gasteiger charge is 2.33. The normalized spacial score (nSPS) is 14.5. The number of rotatable bonds is 10. The Hall–Kier alpha value is -3.07. The molecule has 212 valence electrons. The minimum Gasteiger partial charge on any atom is -0.352 e. The van der Waals surface area contributed by atoms with Crippen LogP contribution in [0.2, 0.25) is 10.0 Å². The van der Waals surface area contributed by atoms with Crippen LogP contribution < -0.4 is 9.62 Å². The highest BCUT2D eigenvalue weighted by atomic mass is 35.5. The van der Waals surface area contributed by atoms with E-state index >= 15 is 0 Å². The predicted molar refractivity (Wildman–Crippen MR) is 159 cm³/mol. The molecule has 3 aromatic carbocycles. The number of halogens is 2. The Bertz CT molecular complexity index is 1460. The number of hydrogen-bond donors (Lipinski definition) is 1. The van der Waals surface area contributed by atoms with Crippen molar-refractivity contribution in [2.45, 2.75) is 63.1 Å². The molecule has 7 nitrogen and oxygen atoms in total.